The molecule has 0 radical (unpaired) electrons. The molecular weight excluding hydrogens is 220 g/mol. The van der Waals surface area contributed by atoms with Crippen LogP contribution in [0.5, 0.6) is 0 Å². The van der Waals surface area contributed by atoms with Crippen LogP contribution in [0.15, 0.2) is 11.1 Å². The summed E-state index contributed by atoms with van der Waals surface area (Å²) in [6, 6.07) is 0.0271. The third kappa shape index (κ3) is 2.32. The van der Waals surface area contributed by atoms with Gasteiger partial charge in [0.15, 0.2) is 0 Å². The molecule has 3 nitrogen and oxygen atoms in total. The molecule has 1 heterocycles. The van der Waals surface area contributed by atoms with Crippen molar-refractivity contribution < 1.29 is 4.79 Å². The van der Waals surface area contributed by atoms with Crippen molar-refractivity contribution in [2.24, 2.45) is 0 Å². The Kier molecular flexibility index (Phi) is 3.29. The fourth-order valence-electron chi connectivity index (χ4n) is 1.38. The predicted molar refractivity (Wildman–Crippen MR) is 52.1 cm³/mol. The number of amides is 1. The van der Waals surface area contributed by atoms with Gasteiger partial charge in [0.25, 0.3) is 0 Å². The number of hydrogen-bond donors (Lipinski definition) is 1. The Balaban J connectivity index is 2.45. The van der Waals surface area contributed by atoms with Gasteiger partial charge in [0.1, 0.15) is 0 Å². The van der Waals surface area contributed by atoms with Crippen molar-refractivity contribution in [1.29, 1.82) is 0 Å². The van der Waals surface area contributed by atoms with E-state index in [2.05, 4.69) is 27.8 Å². The minimum Gasteiger partial charge on any atom is -0.355 e. The summed E-state index contributed by atoms with van der Waals surface area (Å²) in [5.41, 5.74) is 0. The first-order valence-electron chi connectivity index (χ1n) is 3.92. The zero-order valence-electron chi connectivity index (χ0n) is 7.14. The molecule has 1 fully saturated rings. The van der Waals surface area contributed by atoms with Crippen molar-refractivity contribution in [3.8, 4) is 0 Å². The van der Waals surface area contributed by atoms with Gasteiger partial charge in [-0.3, -0.25) is 9.69 Å². The highest BCUT2D eigenvalue weighted by atomic mass is 79.9. The van der Waals surface area contributed by atoms with Gasteiger partial charge in [0, 0.05) is 17.6 Å². The highest BCUT2D eigenvalue weighted by Crippen LogP contribution is 2.11. The second kappa shape index (κ2) is 4.05. The van der Waals surface area contributed by atoms with E-state index in [-0.39, 0.29) is 11.9 Å². The Morgan fingerprint density at radius 1 is 1.92 bits per heavy atom. The Bertz CT molecular complexity index is 205. The fraction of sp³-hybridized carbons (Fsp3) is 0.625. The minimum atomic E-state index is 0.0271. The van der Waals surface area contributed by atoms with Gasteiger partial charge in [-0.2, -0.15) is 0 Å². The molecule has 1 amide bonds. The molecule has 1 N–H and O–H groups in total. The van der Waals surface area contributed by atoms with E-state index in [0.717, 1.165) is 24.0 Å². The van der Waals surface area contributed by atoms with Crippen LogP contribution in [-0.2, 0) is 4.79 Å². The second-order valence-electron chi connectivity index (χ2n) is 3.03. The van der Waals surface area contributed by atoms with E-state index >= 15 is 0 Å². The summed E-state index contributed by atoms with van der Waals surface area (Å²) in [5, 5.41) is 2.80. The number of halogens is 1. The summed E-state index contributed by atoms with van der Waals surface area (Å²) in [5.74, 6) is 0.131. The first kappa shape index (κ1) is 9.74. The number of nitrogens with zero attached hydrogens (tertiary/aromatic N) is 1. The molecule has 1 aliphatic rings. The lowest BCUT2D eigenvalue weighted by Gasteiger charge is -2.20. The summed E-state index contributed by atoms with van der Waals surface area (Å²) in [6.07, 6.45) is 0.898. The Labute approximate surface area is 80.9 Å². The second-order valence-corrected chi connectivity index (χ2v) is 4.15. The largest absolute Gasteiger partial charge is 0.355 e. The lowest BCUT2D eigenvalue weighted by atomic mass is 10.2. The number of likely N-dealkylation sites (N-methyl/N-ethyl adjacent to an activating group) is 1. The first-order chi connectivity index (χ1) is 5.61. The van der Waals surface area contributed by atoms with E-state index in [0.29, 0.717) is 0 Å². The molecule has 0 spiro atoms. The number of carbonyl (C=O) groups excluding carboxylic acids is 1. The van der Waals surface area contributed by atoms with Gasteiger partial charge < -0.3 is 5.32 Å². The van der Waals surface area contributed by atoms with E-state index in [1.54, 1.807) is 0 Å². The summed E-state index contributed by atoms with van der Waals surface area (Å²) < 4.78 is 0.907. The Morgan fingerprint density at radius 2 is 2.58 bits per heavy atom. The molecule has 1 aliphatic heterocycles. The fourth-order valence-corrected chi connectivity index (χ4v) is 1.78. The average molecular weight is 233 g/mol. The number of carbonyl (C=O) groups is 1. The molecule has 1 rings (SSSR count). The van der Waals surface area contributed by atoms with Crippen molar-refractivity contribution in [3.05, 3.63) is 11.1 Å². The SMILES string of the molecule is C=C(Br)CN(C)C1CCNC1=O. The van der Waals surface area contributed by atoms with E-state index in [4.69, 9.17) is 0 Å². The topological polar surface area (TPSA) is 32.3 Å². The Hall–Kier alpha value is -0.350. The first-order valence-corrected chi connectivity index (χ1v) is 4.72. The summed E-state index contributed by atoms with van der Waals surface area (Å²) in [7, 11) is 1.93. The molecule has 0 aromatic heterocycles. The standard InChI is InChI=1S/C8H13BrN2O/c1-6(9)5-11(2)7-3-4-10-8(7)12/h7H,1,3-5H2,2H3,(H,10,12). The van der Waals surface area contributed by atoms with Crippen LogP contribution in [0.2, 0.25) is 0 Å². The zero-order valence-corrected chi connectivity index (χ0v) is 8.73. The van der Waals surface area contributed by atoms with Crippen LogP contribution < -0.4 is 5.32 Å². The zero-order chi connectivity index (χ0) is 9.14. The normalized spacial score (nSPS) is 22.9. The van der Waals surface area contributed by atoms with E-state index in [9.17, 15) is 4.79 Å². The van der Waals surface area contributed by atoms with Crippen LogP contribution in [0.4, 0.5) is 0 Å². The molecule has 68 valence electrons. The van der Waals surface area contributed by atoms with E-state index in [1.165, 1.54) is 0 Å². The number of hydrogen-bond acceptors (Lipinski definition) is 2. The summed E-state index contributed by atoms with van der Waals surface area (Å²) in [4.78, 5) is 13.2. The third-order valence-corrected chi connectivity index (χ3v) is 2.22. The molecule has 1 unspecified atom stereocenters. The van der Waals surface area contributed by atoms with Crippen molar-refractivity contribution in [2.75, 3.05) is 20.1 Å². The molecule has 0 saturated carbocycles. The van der Waals surface area contributed by atoms with Crippen LogP contribution in [0.25, 0.3) is 0 Å². The highest BCUT2D eigenvalue weighted by Gasteiger charge is 2.27. The summed E-state index contributed by atoms with van der Waals surface area (Å²) >= 11 is 3.27. The molecular formula is C8H13BrN2O. The highest BCUT2D eigenvalue weighted by molar-refractivity contribution is 9.11. The van der Waals surface area contributed by atoms with Crippen molar-refractivity contribution in [2.45, 2.75) is 12.5 Å². The quantitative estimate of drug-likeness (QED) is 0.778. The van der Waals surface area contributed by atoms with Crippen LogP contribution in [0, 0.1) is 0 Å². The van der Waals surface area contributed by atoms with Crippen LogP contribution >= 0.6 is 15.9 Å². The molecule has 12 heavy (non-hydrogen) atoms. The molecule has 0 aliphatic carbocycles. The minimum absolute atomic E-state index is 0.0271. The maximum absolute atomic E-state index is 11.2. The van der Waals surface area contributed by atoms with Gasteiger partial charge in [0.05, 0.1) is 6.04 Å². The average Bonchev–Trinajstić information content (AvgIpc) is 2.33. The molecule has 0 aromatic rings. The van der Waals surface area contributed by atoms with Crippen molar-refractivity contribution >= 4 is 21.8 Å². The van der Waals surface area contributed by atoms with E-state index < -0.39 is 0 Å². The predicted octanol–water partition coefficient (Wildman–Crippen LogP) is 0.715. The van der Waals surface area contributed by atoms with Gasteiger partial charge >= 0.3 is 0 Å². The maximum atomic E-state index is 11.2. The Morgan fingerprint density at radius 3 is 3.00 bits per heavy atom. The molecule has 1 saturated heterocycles. The van der Waals surface area contributed by atoms with Crippen LogP contribution in [-0.4, -0.2) is 37.0 Å². The molecule has 4 heteroatoms. The van der Waals surface area contributed by atoms with Gasteiger partial charge in [-0.15, -0.1) is 0 Å². The monoisotopic (exact) mass is 232 g/mol. The number of nitrogens with one attached hydrogen (secondary N) is 1. The van der Waals surface area contributed by atoms with Crippen molar-refractivity contribution in [1.82, 2.24) is 10.2 Å². The van der Waals surface area contributed by atoms with E-state index in [1.807, 2.05) is 11.9 Å². The lowest BCUT2D eigenvalue weighted by Crippen LogP contribution is -2.38. The number of rotatable bonds is 3. The van der Waals surface area contributed by atoms with Crippen molar-refractivity contribution in [3.63, 3.8) is 0 Å². The third-order valence-electron chi connectivity index (χ3n) is 1.97. The van der Waals surface area contributed by atoms with Gasteiger partial charge in [0.2, 0.25) is 5.91 Å². The lowest BCUT2D eigenvalue weighted by molar-refractivity contribution is -0.123. The molecule has 1 atom stereocenters. The van der Waals surface area contributed by atoms with Gasteiger partial charge in [-0.1, -0.05) is 22.5 Å². The van der Waals surface area contributed by atoms with Crippen LogP contribution in [0.1, 0.15) is 6.42 Å². The smallest absolute Gasteiger partial charge is 0.237 e. The van der Waals surface area contributed by atoms with Gasteiger partial charge in [-0.25, -0.2) is 0 Å². The summed E-state index contributed by atoms with van der Waals surface area (Å²) in [6.45, 7) is 5.25. The molecule has 0 bridgehead atoms. The maximum Gasteiger partial charge on any atom is 0.237 e. The van der Waals surface area contributed by atoms with Gasteiger partial charge in [-0.05, 0) is 13.5 Å². The molecule has 0 aromatic carbocycles. The van der Waals surface area contributed by atoms with Crippen LogP contribution in [0.3, 0.4) is 0 Å².